The number of hydrogen-bond donors (Lipinski definition) is 2. The molecule has 0 radical (unpaired) electrons. The Bertz CT molecular complexity index is 442. The van der Waals surface area contributed by atoms with Crippen LogP contribution in [-0.2, 0) is 4.74 Å². The van der Waals surface area contributed by atoms with Crippen LogP contribution in [0.2, 0.25) is 0 Å². The minimum absolute atomic E-state index is 0.391. The van der Waals surface area contributed by atoms with E-state index >= 15 is 0 Å². The van der Waals surface area contributed by atoms with Gasteiger partial charge in [0.1, 0.15) is 5.60 Å². The van der Waals surface area contributed by atoms with Gasteiger partial charge >= 0.3 is 6.09 Å². The number of anilines is 1. The van der Waals surface area contributed by atoms with Crippen molar-refractivity contribution in [3.05, 3.63) is 28.2 Å². The van der Waals surface area contributed by atoms with Gasteiger partial charge in [-0.2, -0.15) is 0 Å². The number of carbonyl (C=O) groups excluding carboxylic acids is 1. The maximum absolute atomic E-state index is 11.4. The van der Waals surface area contributed by atoms with Gasteiger partial charge in [-0.15, -0.1) is 0 Å². The summed E-state index contributed by atoms with van der Waals surface area (Å²) in [6.07, 6.45) is -0.391. The first-order chi connectivity index (χ1) is 8.78. The number of halogens is 1. The van der Waals surface area contributed by atoms with Crippen molar-refractivity contribution >= 4 is 27.7 Å². The fraction of sp³-hybridized carbons (Fsp3) is 0.500. The first-order valence-electron chi connectivity index (χ1n) is 6.25. The van der Waals surface area contributed by atoms with Crippen molar-refractivity contribution < 1.29 is 9.53 Å². The summed E-state index contributed by atoms with van der Waals surface area (Å²) in [5.41, 5.74) is 1.75. The molecule has 0 unspecified atom stereocenters. The van der Waals surface area contributed by atoms with Crippen LogP contribution in [0.15, 0.2) is 22.7 Å². The van der Waals surface area contributed by atoms with Gasteiger partial charge in [-0.1, -0.05) is 6.07 Å². The SMILES string of the molecule is Cc1ccc(NCCNC(=O)OC(C)(C)C)c(Br)c1. The summed E-state index contributed by atoms with van der Waals surface area (Å²) in [7, 11) is 0. The van der Waals surface area contributed by atoms with E-state index in [4.69, 9.17) is 4.74 Å². The molecule has 0 saturated heterocycles. The van der Waals surface area contributed by atoms with Crippen molar-refractivity contribution in [2.24, 2.45) is 0 Å². The van der Waals surface area contributed by atoms with Crippen LogP contribution >= 0.6 is 15.9 Å². The average molecular weight is 329 g/mol. The molecule has 0 aliphatic carbocycles. The zero-order chi connectivity index (χ0) is 14.5. The van der Waals surface area contributed by atoms with Crippen LogP contribution in [0.25, 0.3) is 0 Å². The standard InChI is InChI=1S/C14H21BrN2O2/c1-10-5-6-12(11(15)9-10)16-7-8-17-13(18)19-14(2,3)4/h5-6,9,16H,7-8H2,1-4H3,(H,17,18). The lowest BCUT2D eigenvalue weighted by Crippen LogP contribution is -2.35. The summed E-state index contributed by atoms with van der Waals surface area (Å²) in [5, 5.41) is 5.94. The molecule has 0 heterocycles. The molecule has 19 heavy (non-hydrogen) atoms. The lowest BCUT2D eigenvalue weighted by Gasteiger charge is -2.19. The average Bonchev–Trinajstić information content (AvgIpc) is 2.24. The van der Waals surface area contributed by atoms with Crippen molar-refractivity contribution in [2.75, 3.05) is 18.4 Å². The second-order valence-corrected chi connectivity index (χ2v) is 6.19. The van der Waals surface area contributed by atoms with Gasteiger partial charge < -0.3 is 15.4 Å². The van der Waals surface area contributed by atoms with Crippen LogP contribution in [0.1, 0.15) is 26.3 Å². The number of carbonyl (C=O) groups is 1. The molecule has 0 bridgehead atoms. The molecule has 0 aliphatic rings. The van der Waals surface area contributed by atoms with E-state index in [1.807, 2.05) is 45.9 Å². The number of nitrogens with one attached hydrogen (secondary N) is 2. The third kappa shape index (κ3) is 6.47. The highest BCUT2D eigenvalue weighted by Gasteiger charge is 2.15. The van der Waals surface area contributed by atoms with Gasteiger partial charge in [-0.25, -0.2) is 4.79 Å². The molecule has 5 heteroatoms. The summed E-state index contributed by atoms with van der Waals surface area (Å²) in [6, 6.07) is 6.09. The molecule has 4 nitrogen and oxygen atoms in total. The predicted octanol–water partition coefficient (Wildman–Crippen LogP) is 3.69. The Hall–Kier alpha value is -1.23. The van der Waals surface area contributed by atoms with Crippen LogP contribution in [0.3, 0.4) is 0 Å². The fourth-order valence-electron chi connectivity index (χ4n) is 1.44. The van der Waals surface area contributed by atoms with Crippen LogP contribution in [0.5, 0.6) is 0 Å². The van der Waals surface area contributed by atoms with Crippen LogP contribution in [0, 0.1) is 6.92 Å². The molecule has 0 fully saturated rings. The van der Waals surface area contributed by atoms with Gasteiger partial charge in [0, 0.05) is 23.2 Å². The molecule has 2 N–H and O–H groups in total. The molecule has 106 valence electrons. The zero-order valence-electron chi connectivity index (χ0n) is 11.8. The minimum Gasteiger partial charge on any atom is -0.444 e. The van der Waals surface area contributed by atoms with Gasteiger partial charge in [0.15, 0.2) is 0 Å². The third-order valence-corrected chi connectivity index (χ3v) is 2.89. The maximum atomic E-state index is 11.4. The molecule has 0 atom stereocenters. The summed E-state index contributed by atoms with van der Waals surface area (Å²) in [6.45, 7) is 8.71. The van der Waals surface area contributed by atoms with Gasteiger partial charge in [-0.3, -0.25) is 0 Å². The van der Waals surface area contributed by atoms with E-state index in [0.29, 0.717) is 13.1 Å². The molecule has 0 aliphatic heterocycles. The number of hydrogen-bond acceptors (Lipinski definition) is 3. The predicted molar refractivity (Wildman–Crippen MR) is 81.6 cm³/mol. The van der Waals surface area contributed by atoms with Crippen LogP contribution in [0.4, 0.5) is 10.5 Å². The number of alkyl carbamates (subject to hydrolysis) is 1. The Balaban J connectivity index is 2.29. The molecule has 1 amide bonds. The maximum Gasteiger partial charge on any atom is 0.407 e. The van der Waals surface area contributed by atoms with E-state index in [2.05, 4.69) is 26.6 Å². The van der Waals surface area contributed by atoms with Gasteiger partial charge in [0.2, 0.25) is 0 Å². The number of benzene rings is 1. The van der Waals surface area contributed by atoms with E-state index in [0.717, 1.165) is 10.2 Å². The number of aryl methyl sites for hydroxylation is 1. The van der Waals surface area contributed by atoms with Crippen molar-refractivity contribution in [1.82, 2.24) is 5.32 Å². The zero-order valence-corrected chi connectivity index (χ0v) is 13.4. The molecular formula is C14H21BrN2O2. The van der Waals surface area contributed by atoms with E-state index in [-0.39, 0.29) is 0 Å². The largest absolute Gasteiger partial charge is 0.444 e. The van der Waals surface area contributed by atoms with Crippen molar-refractivity contribution in [2.45, 2.75) is 33.3 Å². The van der Waals surface area contributed by atoms with Gasteiger partial charge in [0.05, 0.1) is 0 Å². The quantitative estimate of drug-likeness (QED) is 0.828. The number of ether oxygens (including phenoxy) is 1. The minimum atomic E-state index is -0.461. The molecule has 1 rings (SSSR count). The second-order valence-electron chi connectivity index (χ2n) is 5.34. The molecule has 0 saturated carbocycles. The molecule has 1 aromatic rings. The lowest BCUT2D eigenvalue weighted by atomic mass is 10.2. The normalized spacial score (nSPS) is 11.0. The Kier molecular flexibility index (Phi) is 5.66. The van der Waals surface area contributed by atoms with E-state index in [1.165, 1.54) is 5.56 Å². The van der Waals surface area contributed by atoms with Crippen LogP contribution < -0.4 is 10.6 Å². The highest BCUT2D eigenvalue weighted by Crippen LogP contribution is 2.22. The molecule has 0 spiro atoms. The number of amides is 1. The van der Waals surface area contributed by atoms with E-state index in [9.17, 15) is 4.79 Å². The molecule has 0 aromatic heterocycles. The number of rotatable bonds is 4. The Morgan fingerprint density at radius 3 is 2.58 bits per heavy atom. The third-order valence-electron chi connectivity index (χ3n) is 2.23. The first-order valence-corrected chi connectivity index (χ1v) is 7.04. The summed E-state index contributed by atoms with van der Waals surface area (Å²) in [5.74, 6) is 0. The van der Waals surface area contributed by atoms with Crippen molar-refractivity contribution in [3.63, 3.8) is 0 Å². The second kappa shape index (κ2) is 6.80. The Morgan fingerprint density at radius 1 is 1.32 bits per heavy atom. The molecular weight excluding hydrogens is 308 g/mol. The van der Waals surface area contributed by atoms with Crippen LogP contribution in [-0.4, -0.2) is 24.8 Å². The Labute approximate surface area is 123 Å². The van der Waals surface area contributed by atoms with Crippen molar-refractivity contribution in [3.8, 4) is 0 Å². The topological polar surface area (TPSA) is 50.4 Å². The van der Waals surface area contributed by atoms with E-state index < -0.39 is 11.7 Å². The smallest absolute Gasteiger partial charge is 0.407 e. The van der Waals surface area contributed by atoms with Gasteiger partial charge in [0.25, 0.3) is 0 Å². The van der Waals surface area contributed by atoms with E-state index in [1.54, 1.807) is 0 Å². The Morgan fingerprint density at radius 2 is 2.00 bits per heavy atom. The highest BCUT2D eigenvalue weighted by atomic mass is 79.9. The summed E-state index contributed by atoms with van der Waals surface area (Å²) in [4.78, 5) is 11.4. The lowest BCUT2D eigenvalue weighted by molar-refractivity contribution is 0.0530. The highest BCUT2D eigenvalue weighted by molar-refractivity contribution is 9.10. The first kappa shape index (κ1) is 15.8. The summed E-state index contributed by atoms with van der Waals surface area (Å²) < 4.78 is 6.16. The summed E-state index contributed by atoms with van der Waals surface area (Å²) >= 11 is 3.49. The fourth-order valence-corrected chi connectivity index (χ4v) is 2.07. The van der Waals surface area contributed by atoms with Crippen molar-refractivity contribution in [1.29, 1.82) is 0 Å². The monoisotopic (exact) mass is 328 g/mol. The van der Waals surface area contributed by atoms with Gasteiger partial charge in [-0.05, 0) is 61.3 Å². The molecule has 1 aromatic carbocycles.